The third-order valence-corrected chi connectivity index (χ3v) is 2.90. The van der Waals surface area contributed by atoms with Crippen molar-refractivity contribution in [3.05, 3.63) is 41.3 Å². The van der Waals surface area contributed by atoms with E-state index in [1.54, 1.807) is 12.5 Å². The smallest absolute Gasteiger partial charge is 0.198 e. The van der Waals surface area contributed by atoms with Gasteiger partial charge in [0, 0.05) is 24.5 Å². The van der Waals surface area contributed by atoms with E-state index in [9.17, 15) is 0 Å². The highest BCUT2D eigenvalue weighted by atomic mass is 35.5. The Morgan fingerprint density at radius 2 is 2.44 bits per heavy atom. The van der Waals surface area contributed by atoms with Gasteiger partial charge in [0.15, 0.2) is 5.22 Å². The van der Waals surface area contributed by atoms with Gasteiger partial charge in [0.1, 0.15) is 5.82 Å². The average molecular weight is 240 g/mol. The van der Waals surface area contributed by atoms with Crippen LogP contribution in [0.25, 0.3) is 0 Å². The molecule has 5 heteroatoms. The molecule has 2 rings (SSSR count). The Morgan fingerprint density at radius 3 is 3.00 bits per heavy atom. The molecule has 0 aliphatic carbocycles. The van der Waals surface area contributed by atoms with E-state index in [2.05, 4.69) is 21.8 Å². The fourth-order valence-electron chi connectivity index (χ4n) is 1.78. The first-order valence-electron chi connectivity index (χ1n) is 5.19. The van der Waals surface area contributed by atoms with Crippen LogP contribution >= 0.6 is 11.6 Å². The van der Waals surface area contributed by atoms with Crippen molar-refractivity contribution in [2.75, 3.05) is 7.05 Å². The molecule has 0 aliphatic heterocycles. The van der Waals surface area contributed by atoms with Crippen molar-refractivity contribution in [1.29, 1.82) is 0 Å². The normalized spacial score (nSPS) is 12.9. The van der Waals surface area contributed by atoms with Gasteiger partial charge in [-0.2, -0.15) is 0 Å². The van der Waals surface area contributed by atoms with E-state index in [1.807, 2.05) is 19.3 Å². The van der Waals surface area contributed by atoms with Crippen LogP contribution in [0.5, 0.6) is 0 Å². The fraction of sp³-hybridized carbons (Fsp3) is 0.364. The molecule has 2 heterocycles. The number of halogens is 1. The van der Waals surface area contributed by atoms with Crippen LogP contribution in [-0.2, 0) is 6.54 Å². The molecule has 0 saturated heterocycles. The maximum Gasteiger partial charge on any atom is 0.198 e. The highest BCUT2D eigenvalue weighted by Gasteiger charge is 2.21. The molecule has 0 amide bonds. The molecule has 0 aliphatic rings. The fourth-order valence-corrected chi connectivity index (χ4v) is 2.01. The Bertz CT molecular complexity index is 463. The summed E-state index contributed by atoms with van der Waals surface area (Å²) in [5.74, 6) is 0.938. The molecule has 0 saturated carbocycles. The van der Waals surface area contributed by atoms with E-state index in [0.29, 0.717) is 5.22 Å². The second-order valence-corrected chi connectivity index (χ2v) is 3.79. The van der Waals surface area contributed by atoms with E-state index in [4.69, 9.17) is 16.0 Å². The minimum atomic E-state index is -0.0406. The quantitative estimate of drug-likeness (QED) is 0.891. The van der Waals surface area contributed by atoms with E-state index < -0.39 is 0 Å². The summed E-state index contributed by atoms with van der Waals surface area (Å²) in [5, 5.41) is 3.60. The van der Waals surface area contributed by atoms with Gasteiger partial charge in [0.05, 0.1) is 12.3 Å². The highest BCUT2D eigenvalue weighted by molar-refractivity contribution is 6.29. The van der Waals surface area contributed by atoms with Crippen LogP contribution in [0.4, 0.5) is 0 Å². The molecule has 4 nitrogen and oxygen atoms in total. The Hall–Kier alpha value is -1.26. The summed E-state index contributed by atoms with van der Waals surface area (Å²) in [5.41, 5.74) is 0.907. The third-order valence-electron chi connectivity index (χ3n) is 2.59. The number of nitrogens with one attached hydrogen (secondary N) is 1. The predicted octanol–water partition coefficient (Wildman–Crippen LogP) is 2.46. The SMILES string of the molecule is CCn1ccnc1C(NC)c1ccoc1Cl. The molecular formula is C11H14ClN3O. The third kappa shape index (κ3) is 1.86. The second kappa shape index (κ2) is 4.72. The van der Waals surface area contributed by atoms with Crippen molar-refractivity contribution in [1.82, 2.24) is 14.9 Å². The summed E-state index contributed by atoms with van der Waals surface area (Å²) in [7, 11) is 1.88. The maximum absolute atomic E-state index is 5.98. The lowest BCUT2D eigenvalue weighted by Gasteiger charge is -2.15. The van der Waals surface area contributed by atoms with Crippen molar-refractivity contribution in [3.8, 4) is 0 Å². The number of imidazole rings is 1. The number of hydrogen-bond donors (Lipinski definition) is 1. The summed E-state index contributed by atoms with van der Waals surface area (Å²) in [4.78, 5) is 4.36. The van der Waals surface area contributed by atoms with Crippen LogP contribution in [0.15, 0.2) is 29.1 Å². The van der Waals surface area contributed by atoms with Crippen LogP contribution in [0.1, 0.15) is 24.4 Å². The highest BCUT2D eigenvalue weighted by Crippen LogP contribution is 2.28. The van der Waals surface area contributed by atoms with Crippen molar-refractivity contribution in [3.63, 3.8) is 0 Å². The van der Waals surface area contributed by atoms with Gasteiger partial charge in [-0.3, -0.25) is 0 Å². The van der Waals surface area contributed by atoms with Gasteiger partial charge in [-0.05, 0) is 31.6 Å². The molecule has 1 unspecified atom stereocenters. The molecular weight excluding hydrogens is 226 g/mol. The zero-order valence-corrected chi connectivity index (χ0v) is 10.0. The number of nitrogens with zero attached hydrogens (tertiary/aromatic N) is 2. The van der Waals surface area contributed by atoms with Gasteiger partial charge in [-0.1, -0.05) is 0 Å². The standard InChI is InChI=1S/C11H14ClN3O/c1-3-15-6-5-14-11(15)9(13-2)8-4-7-16-10(8)12/h4-7,9,13H,3H2,1-2H3. The molecule has 2 aromatic heterocycles. The maximum atomic E-state index is 5.98. The molecule has 86 valence electrons. The number of furan rings is 1. The summed E-state index contributed by atoms with van der Waals surface area (Å²) in [6.45, 7) is 2.96. The molecule has 1 atom stereocenters. The monoisotopic (exact) mass is 239 g/mol. The average Bonchev–Trinajstić information content (AvgIpc) is 2.90. The Kier molecular flexibility index (Phi) is 3.31. The number of aromatic nitrogens is 2. The summed E-state index contributed by atoms with van der Waals surface area (Å²) >= 11 is 5.98. The van der Waals surface area contributed by atoms with Crippen molar-refractivity contribution in [2.24, 2.45) is 0 Å². The van der Waals surface area contributed by atoms with Gasteiger partial charge < -0.3 is 14.3 Å². The van der Waals surface area contributed by atoms with Gasteiger partial charge >= 0.3 is 0 Å². The van der Waals surface area contributed by atoms with Crippen LogP contribution < -0.4 is 5.32 Å². The van der Waals surface area contributed by atoms with E-state index in [0.717, 1.165) is 17.9 Å². The molecule has 0 spiro atoms. The first-order chi connectivity index (χ1) is 7.77. The largest absolute Gasteiger partial charge is 0.453 e. The van der Waals surface area contributed by atoms with Gasteiger partial charge in [0.2, 0.25) is 0 Å². The minimum Gasteiger partial charge on any atom is -0.453 e. The number of hydrogen-bond acceptors (Lipinski definition) is 3. The van der Waals surface area contributed by atoms with Gasteiger partial charge in [-0.25, -0.2) is 4.98 Å². The van der Waals surface area contributed by atoms with Crippen LogP contribution in [0.3, 0.4) is 0 Å². The van der Waals surface area contributed by atoms with Gasteiger partial charge in [0.25, 0.3) is 0 Å². The van der Waals surface area contributed by atoms with Gasteiger partial charge in [-0.15, -0.1) is 0 Å². The first-order valence-corrected chi connectivity index (χ1v) is 5.57. The van der Waals surface area contributed by atoms with Crippen molar-refractivity contribution in [2.45, 2.75) is 19.5 Å². The first kappa shape index (κ1) is 11.2. The molecule has 0 fully saturated rings. The van der Waals surface area contributed by atoms with Crippen LogP contribution in [-0.4, -0.2) is 16.6 Å². The van der Waals surface area contributed by atoms with E-state index in [-0.39, 0.29) is 6.04 Å². The molecule has 0 aromatic carbocycles. The molecule has 2 aromatic rings. The minimum absolute atomic E-state index is 0.0406. The topological polar surface area (TPSA) is 43.0 Å². The molecule has 0 radical (unpaired) electrons. The predicted molar refractivity (Wildman–Crippen MR) is 62.5 cm³/mol. The molecule has 0 bridgehead atoms. The van der Waals surface area contributed by atoms with Crippen molar-refractivity contribution < 1.29 is 4.42 Å². The van der Waals surface area contributed by atoms with E-state index in [1.165, 1.54) is 0 Å². The summed E-state index contributed by atoms with van der Waals surface area (Å²) in [6.07, 6.45) is 5.33. The molecule has 1 N–H and O–H groups in total. The van der Waals surface area contributed by atoms with Crippen LogP contribution in [0, 0.1) is 0 Å². The summed E-state index contributed by atoms with van der Waals surface area (Å²) < 4.78 is 7.18. The van der Waals surface area contributed by atoms with E-state index >= 15 is 0 Å². The Balaban J connectivity index is 2.40. The number of rotatable bonds is 4. The Labute approximate surface area is 99.2 Å². The molecule has 16 heavy (non-hydrogen) atoms. The number of aryl methyl sites for hydroxylation is 1. The lowest BCUT2D eigenvalue weighted by Crippen LogP contribution is -2.21. The van der Waals surface area contributed by atoms with Crippen molar-refractivity contribution >= 4 is 11.6 Å². The lowest BCUT2D eigenvalue weighted by atomic mass is 10.1. The zero-order valence-electron chi connectivity index (χ0n) is 9.27. The summed E-state index contributed by atoms with van der Waals surface area (Å²) in [6, 6.07) is 1.82. The second-order valence-electron chi connectivity index (χ2n) is 3.44. The lowest BCUT2D eigenvalue weighted by molar-refractivity contribution is 0.548. The van der Waals surface area contributed by atoms with Crippen LogP contribution in [0.2, 0.25) is 5.22 Å². The Morgan fingerprint density at radius 1 is 1.62 bits per heavy atom. The zero-order chi connectivity index (χ0) is 11.5.